The predicted octanol–water partition coefficient (Wildman–Crippen LogP) is 2.35. The van der Waals surface area contributed by atoms with E-state index in [9.17, 15) is 4.79 Å². The van der Waals surface area contributed by atoms with Crippen LogP contribution in [0.4, 0.5) is 0 Å². The molecular weight excluding hydrogens is 264 g/mol. The molecule has 1 N–H and O–H groups in total. The summed E-state index contributed by atoms with van der Waals surface area (Å²) in [6, 6.07) is 5.88. The molecule has 5 heteroatoms. The van der Waals surface area contributed by atoms with Crippen molar-refractivity contribution in [2.75, 3.05) is 0 Å². The van der Waals surface area contributed by atoms with Crippen LogP contribution < -0.4 is 5.32 Å². The van der Waals surface area contributed by atoms with Crippen molar-refractivity contribution in [3.05, 3.63) is 47.5 Å². The van der Waals surface area contributed by atoms with Gasteiger partial charge in [0.1, 0.15) is 12.7 Å². The number of amides is 1. The Morgan fingerprint density at radius 1 is 1.33 bits per heavy atom. The van der Waals surface area contributed by atoms with Gasteiger partial charge < -0.3 is 5.32 Å². The Balaban J connectivity index is 2.11. The SMILES string of the molecule is Cc1ccc(C(=O)N[C@@H](Cn2cncn2)C(C)C)c(C)c1. The molecule has 0 radical (unpaired) electrons. The van der Waals surface area contributed by atoms with Gasteiger partial charge in [0.15, 0.2) is 0 Å². The Morgan fingerprint density at radius 3 is 2.67 bits per heavy atom. The van der Waals surface area contributed by atoms with Crippen LogP contribution in [0.5, 0.6) is 0 Å². The lowest BCUT2D eigenvalue weighted by Crippen LogP contribution is -2.41. The maximum Gasteiger partial charge on any atom is 0.251 e. The Labute approximate surface area is 125 Å². The van der Waals surface area contributed by atoms with Gasteiger partial charge in [-0.1, -0.05) is 31.5 Å². The summed E-state index contributed by atoms with van der Waals surface area (Å²) < 4.78 is 1.74. The second-order valence-electron chi connectivity index (χ2n) is 5.76. The highest BCUT2D eigenvalue weighted by molar-refractivity contribution is 5.95. The number of nitrogens with one attached hydrogen (secondary N) is 1. The standard InChI is InChI=1S/C16H22N4O/c1-11(2)15(8-20-10-17-9-18-20)19-16(21)14-6-5-12(3)7-13(14)4/h5-7,9-11,15H,8H2,1-4H3,(H,19,21)/t15-/m0/s1. The first-order valence-electron chi connectivity index (χ1n) is 7.18. The van der Waals surface area contributed by atoms with Crippen molar-refractivity contribution in [3.8, 4) is 0 Å². The summed E-state index contributed by atoms with van der Waals surface area (Å²) in [6.45, 7) is 8.78. The van der Waals surface area contributed by atoms with Crippen LogP contribution in [0.15, 0.2) is 30.9 Å². The minimum atomic E-state index is -0.0358. The van der Waals surface area contributed by atoms with Crippen molar-refractivity contribution in [3.63, 3.8) is 0 Å². The Hall–Kier alpha value is -2.17. The second kappa shape index (κ2) is 6.52. The highest BCUT2D eigenvalue weighted by Crippen LogP contribution is 2.12. The summed E-state index contributed by atoms with van der Waals surface area (Å²) >= 11 is 0. The third kappa shape index (κ3) is 3.90. The lowest BCUT2D eigenvalue weighted by atomic mass is 10.0. The zero-order chi connectivity index (χ0) is 15.4. The van der Waals surface area contributed by atoms with E-state index in [0.717, 1.165) is 16.7 Å². The number of aromatic nitrogens is 3. The molecule has 21 heavy (non-hydrogen) atoms. The van der Waals surface area contributed by atoms with Gasteiger partial charge in [-0.25, -0.2) is 4.98 Å². The summed E-state index contributed by atoms with van der Waals surface area (Å²) in [5, 5.41) is 7.21. The first-order chi connectivity index (χ1) is 9.97. The van der Waals surface area contributed by atoms with Crippen molar-refractivity contribution in [1.29, 1.82) is 0 Å². The van der Waals surface area contributed by atoms with Gasteiger partial charge in [0.2, 0.25) is 0 Å². The molecule has 0 aliphatic heterocycles. The number of rotatable bonds is 5. The lowest BCUT2D eigenvalue weighted by Gasteiger charge is -2.22. The molecule has 0 spiro atoms. The van der Waals surface area contributed by atoms with Crippen molar-refractivity contribution in [2.24, 2.45) is 5.92 Å². The van der Waals surface area contributed by atoms with Crippen molar-refractivity contribution >= 4 is 5.91 Å². The number of carbonyl (C=O) groups excluding carboxylic acids is 1. The fourth-order valence-corrected chi connectivity index (χ4v) is 2.27. The van der Waals surface area contributed by atoms with E-state index < -0.39 is 0 Å². The molecule has 0 saturated carbocycles. The summed E-state index contributed by atoms with van der Waals surface area (Å²) in [5.74, 6) is 0.273. The van der Waals surface area contributed by atoms with Gasteiger partial charge in [-0.15, -0.1) is 0 Å². The molecule has 1 atom stereocenters. The van der Waals surface area contributed by atoms with Crippen LogP contribution in [0, 0.1) is 19.8 Å². The van der Waals surface area contributed by atoms with Gasteiger partial charge in [-0.2, -0.15) is 5.10 Å². The van der Waals surface area contributed by atoms with E-state index in [4.69, 9.17) is 0 Å². The minimum Gasteiger partial charge on any atom is -0.347 e. The number of hydrogen-bond donors (Lipinski definition) is 1. The van der Waals surface area contributed by atoms with E-state index in [1.54, 1.807) is 11.0 Å². The quantitative estimate of drug-likeness (QED) is 0.918. The maximum absolute atomic E-state index is 12.5. The van der Waals surface area contributed by atoms with E-state index in [1.807, 2.05) is 32.0 Å². The number of carbonyl (C=O) groups is 1. The summed E-state index contributed by atoms with van der Waals surface area (Å²) in [5.41, 5.74) is 2.88. The number of nitrogens with zero attached hydrogens (tertiary/aromatic N) is 3. The van der Waals surface area contributed by atoms with Crippen LogP contribution in [0.25, 0.3) is 0 Å². The van der Waals surface area contributed by atoms with E-state index in [0.29, 0.717) is 12.5 Å². The maximum atomic E-state index is 12.5. The number of aryl methyl sites for hydroxylation is 2. The summed E-state index contributed by atoms with van der Waals surface area (Å²) in [4.78, 5) is 16.4. The van der Waals surface area contributed by atoms with E-state index in [-0.39, 0.29) is 11.9 Å². The molecule has 5 nitrogen and oxygen atoms in total. The fourth-order valence-electron chi connectivity index (χ4n) is 2.27. The lowest BCUT2D eigenvalue weighted by molar-refractivity contribution is 0.0918. The van der Waals surface area contributed by atoms with Crippen molar-refractivity contribution in [1.82, 2.24) is 20.1 Å². The van der Waals surface area contributed by atoms with Gasteiger partial charge in [-0.3, -0.25) is 9.48 Å². The first-order valence-corrected chi connectivity index (χ1v) is 7.18. The normalized spacial score (nSPS) is 12.4. The molecule has 1 amide bonds. The van der Waals surface area contributed by atoms with Crippen LogP contribution in [0.3, 0.4) is 0 Å². The fraction of sp³-hybridized carbons (Fsp3) is 0.438. The van der Waals surface area contributed by atoms with Crippen molar-refractivity contribution < 1.29 is 4.79 Å². The van der Waals surface area contributed by atoms with Gasteiger partial charge in [0.25, 0.3) is 5.91 Å². The number of hydrogen-bond acceptors (Lipinski definition) is 3. The van der Waals surface area contributed by atoms with Gasteiger partial charge in [0.05, 0.1) is 12.6 Å². The first kappa shape index (κ1) is 15.2. The van der Waals surface area contributed by atoms with Crippen LogP contribution in [0.2, 0.25) is 0 Å². The Bertz CT molecular complexity index is 605. The molecule has 2 aromatic rings. The smallest absolute Gasteiger partial charge is 0.251 e. The average Bonchev–Trinajstić information content (AvgIpc) is 2.90. The zero-order valence-electron chi connectivity index (χ0n) is 13.0. The molecule has 1 heterocycles. The van der Waals surface area contributed by atoms with Gasteiger partial charge in [-0.05, 0) is 31.4 Å². The van der Waals surface area contributed by atoms with Crippen molar-refractivity contribution in [2.45, 2.75) is 40.3 Å². The van der Waals surface area contributed by atoms with E-state index in [1.165, 1.54) is 6.33 Å². The molecule has 0 saturated heterocycles. The third-order valence-electron chi connectivity index (χ3n) is 3.60. The summed E-state index contributed by atoms with van der Waals surface area (Å²) in [6.07, 6.45) is 3.17. The second-order valence-corrected chi connectivity index (χ2v) is 5.76. The zero-order valence-corrected chi connectivity index (χ0v) is 13.0. The molecule has 112 valence electrons. The molecule has 0 bridgehead atoms. The monoisotopic (exact) mass is 286 g/mol. The number of benzene rings is 1. The third-order valence-corrected chi connectivity index (χ3v) is 3.60. The molecular formula is C16H22N4O. The highest BCUT2D eigenvalue weighted by Gasteiger charge is 2.19. The Morgan fingerprint density at radius 2 is 2.10 bits per heavy atom. The Kier molecular flexibility index (Phi) is 4.73. The highest BCUT2D eigenvalue weighted by atomic mass is 16.1. The molecule has 1 aromatic heterocycles. The molecule has 0 fully saturated rings. The molecule has 0 unspecified atom stereocenters. The molecule has 0 aliphatic rings. The van der Waals surface area contributed by atoms with Crippen LogP contribution >= 0.6 is 0 Å². The van der Waals surface area contributed by atoms with E-state index in [2.05, 4.69) is 29.2 Å². The van der Waals surface area contributed by atoms with Gasteiger partial charge >= 0.3 is 0 Å². The predicted molar refractivity (Wildman–Crippen MR) is 82.0 cm³/mol. The molecule has 1 aromatic carbocycles. The van der Waals surface area contributed by atoms with Gasteiger partial charge in [0, 0.05) is 5.56 Å². The summed E-state index contributed by atoms with van der Waals surface area (Å²) in [7, 11) is 0. The van der Waals surface area contributed by atoms with Crippen LogP contribution in [-0.4, -0.2) is 26.7 Å². The largest absolute Gasteiger partial charge is 0.347 e. The minimum absolute atomic E-state index is 0.0138. The van der Waals surface area contributed by atoms with Crippen LogP contribution in [-0.2, 0) is 6.54 Å². The molecule has 2 rings (SSSR count). The van der Waals surface area contributed by atoms with E-state index >= 15 is 0 Å². The average molecular weight is 286 g/mol. The topological polar surface area (TPSA) is 59.8 Å². The molecule has 0 aliphatic carbocycles. The van der Waals surface area contributed by atoms with Crippen LogP contribution in [0.1, 0.15) is 35.3 Å².